The third-order valence-corrected chi connectivity index (χ3v) is 7.44. The van der Waals surface area contributed by atoms with Gasteiger partial charge in [0.1, 0.15) is 0 Å². The summed E-state index contributed by atoms with van der Waals surface area (Å²) in [7, 11) is 4.36. The lowest BCUT2D eigenvalue weighted by atomic mass is 9.97. The summed E-state index contributed by atoms with van der Waals surface area (Å²) in [6.45, 7) is 15.9. The molecule has 4 rings (SSSR count). The van der Waals surface area contributed by atoms with Crippen LogP contribution in [0, 0.1) is 5.92 Å². The number of aromatic amines is 2. The number of aromatic nitrogens is 2. The van der Waals surface area contributed by atoms with Crippen LogP contribution in [0.25, 0.3) is 23.1 Å². The van der Waals surface area contributed by atoms with E-state index in [2.05, 4.69) is 129 Å². The first-order valence-electron chi connectivity index (χ1n) is 14.1. The maximum Gasteiger partial charge on any atom is 0.0641 e. The quantitative estimate of drug-likeness (QED) is 0.322. The molecule has 0 bridgehead atoms. The van der Waals surface area contributed by atoms with Crippen LogP contribution in [-0.2, 0) is 0 Å². The predicted molar refractivity (Wildman–Crippen MR) is 163 cm³/mol. The second kappa shape index (κ2) is 14.3. The Balaban J connectivity index is 0.000000364. The minimum absolute atomic E-state index is 0.170. The first-order valence-corrected chi connectivity index (χ1v) is 14.1. The van der Waals surface area contributed by atoms with E-state index < -0.39 is 0 Å². The van der Waals surface area contributed by atoms with E-state index in [1.165, 1.54) is 47.6 Å². The van der Waals surface area contributed by atoms with Gasteiger partial charge in [-0.2, -0.15) is 0 Å². The number of fused-ring (bicyclic) bond motifs is 2. The molecule has 1 aliphatic rings. The summed E-state index contributed by atoms with van der Waals surface area (Å²) in [6.07, 6.45) is 15.3. The van der Waals surface area contributed by atoms with Crippen LogP contribution >= 0.6 is 0 Å². The molecule has 2 atom stereocenters. The van der Waals surface area contributed by atoms with Gasteiger partial charge in [-0.1, -0.05) is 52.8 Å². The van der Waals surface area contributed by atoms with Crippen molar-refractivity contribution < 1.29 is 0 Å². The van der Waals surface area contributed by atoms with E-state index in [-0.39, 0.29) is 6.04 Å². The van der Waals surface area contributed by atoms with Crippen molar-refractivity contribution in [2.75, 3.05) is 45.6 Å². The Morgan fingerprint density at radius 1 is 0.946 bits per heavy atom. The highest BCUT2D eigenvalue weighted by atomic mass is 15.1. The summed E-state index contributed by atoms with van der Waals surface area (Å²) in [5.74, 6) is 1.39. The van der Waals surface area contributed by atoms with Gasteiger partial charge in [-0.15, -0.1) is 0 Å². The molecule has 2 aromatic heterocycles. The van der Waals surface area contributed by atoms with Gasteiger partial charge in [-0.3, -0.25) is 0 Å². The number of hydrogen-bond donors (Lipinski definition) is 3. The Bertz CT molecular complexity index is 1230. The maximum atomic E-state index is 3.63. The fourth-order valence-corrected chi connectivity index (χ4v) is 4.50. The Labute approximate surface area is 224 Å². The fourth-order valence-electron chi connectivity index (χ4n) is 4.50. The van der Waals surface area contributed by atoms with E-state index in [1.807, 2.05) is 6.20 Å². The molecule has 5 nitrogen and oxygen atoms in total. The van der Waals surface area contributed by atoms with Crippen molar-refractivity contribution in [1.29, 1.82) is 0 Å². The normalized spacial score (nSPS) is 15.7. The third-order valence-electron chi connectivity index (χ3n) is 7.44. The molecular formula is C32H49N5. The van der Waals surface area contributed by atoms with E-state index in [0.29, 0.717) is 5.92 Å². The molecular weight excluding hydrogens is 454 g/mol. The second-order valence-corrected chi connectivity index (χ2v) is 10.9. The molecule has 5 heteroatoms. The molecule has 2 heterocycles. The standard InChI is InChI=1S/C24H30N4.C8H19N/c1-4-28(3)13-11-17(2)22-16-26-24-15-20(8-9-21(22)24)27-19-6-5-7-23-18(14-19)10-12-25-23;1-5-9(4)7-6-8(2)3/h5-10,12,14-17,19,25-27H,4,11,13H2,1-3H3;8H,5-7H2,1-4H3. The monoisotopic (exact) mass is 503 g/mol. The highest BCUT2D eigenvalue weighted by Crippen LogP contribution is 2.29. The van der Waals surface area contributed by atoms with Crippen LogP contribution in [0.2, 0.25) is 0 Å². The molecule has 0 amide bonds. The van der Waals surface area contributed by atoms with Gasteiger partial charge in [0.2, 0.25) is 0 Å². The Hall–Kier alpha value is -2.76. The summed E-state index contributed by atoms with van der Waals surface area (Å²) in [5, 5.41) is 7.35. The van der Waals surface area contributed by atoms with E-state index in [0.717, 1.165) is 30.0 Å². The zero-order chi connectivity index (χ0) is 26.8. The molecule has 37 heavy (non-hydrogen) atoms. The number of allylic oxidation sites excluding steroid dienone is 1. The van der Waals surface area contributed by atoms with Gasteiger partial charge < -0.3 is 25.1 Å². The molecule has 0 saturated carbocycles. The maximum absolute atomic E-state index is 3.63. The van der Waals surface area contributed by atoms with Gasteiger partial charge >= 0.3 is 0 Å². The van der Waals surface area contributed by atoms with Crippen LogP contribution in [-0.4, -0.2) is 66.1 Å². The van der Waals surface area contributed by atoms with Crippen molar-refractivity contribution in [3.05, 3.63) is 64.9 Å². The number of benzene rings is 1. The summed E-state index contributed by atoms with van der Waals surface area (Å²) in [5.41, 5.74) is 3.74. The second-order valence-electron chi connectivity index (χ2n) is 10.9. The topological polar surface area (TPSA) is 50.1 Å². The minimum Gasteiger partial charge on any atom is -0.375 e. The molecule has 2 unspecified atom stereocenters. The smallest absolute Gasteiger partial charge is 0.0641 e. The van der Waals surface area contributed by atoms with Gasteiger partial charge in [0.15, 0.2) is 0 Å². The Morgan fingerprint density at radius 2 is 1.68 bits per heavy atom. The third kappa shape index (κ3) is 8.65. The lowest BCUT2D eigenvalue weighted by Crippen LogP contribution is -2.24. The number of rotatable bonds is 11. The van der Waals surface area contributed by atoms with Gasteiger partial charge in [-0.05, 0) is 106 Å². The van der Waals surface area contributed by atoms with E-state index >= 15 is 0 Å². The SMILES string of the molecule is CCN(C)CCC(C)C.CCN(C)CCC(C)c1c[nH]c2cc(NC3C=CC=c4[nH]ccc4=C3)ccc12. The number of hydrogen-bond acceptors (Lipinski definition) is 3. The lowest BCUT2D eigenvalue weighted by molar-refractivity contribution is 0.326. The highest BCUT2D eigenvalue weighted by molar-refractivity contribution is 5.87. The van der Waals surface area contributed by atoms with Crippen LogP contribution in [0.1, 0.15) is 58.9 Å². The summed E-state index contributed by atoms with van der Waals surface area (Å²) in [6, 6.07) is 8.95. The molecule has 202 valence electrons. The molecule has 1 aromatic carbocycles. The van der Waals surface area contributed by atoms with Crippen LogP contribution in [0.3, 0.4) is 0 Å². The first-order chi connectivity index (χ1) is 17.8. The largest absolute Gasteiger partial charge is 0.375 e. The number of nitrogens with one attached hydrogen (secondary N) is 3. The summed E-state index contributed by atoms with van der Waals surface area (Å²) in [4.78, 5) is 11.5. The molecule has 0 spiro atoms. The highest BCUT2D eigenvalue weighted by Gasteiger charge is 2.13. The Morgan fingerprint density at radius 3 is 2.38 bits per heavy atom. The van der Waals surface area contributed by atoms with Crippen molar-refractivity contribution in [3.8, 4) is 0 Å². The van der Waals surface area contributed by atoms with Crippen LogP contribution in [0.5, 0.6) is 0 Å². The van der Waals surface area contributed by atoms with Crippen LogP contribution in [0.15, 0.2) is 48.8 Å². The van der Waals surface area contributed by atoms with Crippen LogP contribution in [0.4, 0.5) is 5.69 Å². The zero-order valence-corrected chi connectivity index (χ0v) is 24.1. The Kier molecular flexibility index (Phi) is 11.1. The van der Waals surface area contributed by atoms with E-state index in [1.54, 1.807) is 0 Å². The average Bonchev–Trinajstić information content (AvgIpc) is 3.47. The van der Waals surface area contributed by atoms with Gasteiger partial charge in [-0.25, -0.2) is 0 Å². The van der Waals surface area contributed by atoms with Crippen molar-refractivity contribution in [2.45, 2.75) is 59.4 Å². The van der Waals surface area contributed by atoms with Crippen molar-refractivity contribution in [2.24, 2.45) is 5.92 Å². The van der Waals surface area contributed by atoms with Crippen molar-refractivity contribution >= 4 is 28.7 Å². The minimum atomic E-state index is 0.170. The zero-order valence-electron chi connectivity index (χ0n) is 24.1. The number of nitrogens with zero attached hydrogens (tertiary/aromatic N) is 2. The average molecular weight is 504 g/mol. The molecule has 3 aromatic rings. The number of anilines is 1. The molecule has 0 radical (unpaired) electrons. The van der Waals surface area contributed by atoms with Crippen LogP contribution < -0.4 is 15.9 Å². The van der Waals surface area contributed by atoms with Crippen molar-refractivity contribution in [1.82, 2.24) is 19.8 Å². The predicted octanol–water partition coefficient (Wildman–Crippen LogP) is 5.54. The summed E-state index contributed by atoms with van der Waals surface area (Å²) >= 11 is 0. The molecule has 0 fully saturated rings. The molecule has 1 aliphatic carbocycles. The number of H-pyrrole nitrogens is 2. The van der Waals surface area contributed by atoms with E-state index in [4.69, 9.17) is 0 Å². The molecule has 3 N–H and O–H groups in total. The van der Waals surface area contributed by atoms with Gasteiger partial charge in [0.05, 0.1) is 6.04 Å². The van der Waals surface area contributed by atoms with Crippen molar-refractivity contribution in [3.63, 3.8) is 0 Å². The fraction of sp³-hybridized carbons (Fsp3) is 0.500. The van der Waals surface area contributed by atoms with Gasteiger partial charge in [0, 0.05) is 34.3 Å². The van der Waals surface area contributed by atoms with E-state index in [9.17, 15) is 0 Å². The lowest BCUT2D eigenvalue weighted by Gasteiger charge is -2.17. The molecule has 0 aliphatic heterocycles. The molecule has 0 saturated heterocycles. The first kappa shape index (κ1) is 28.8. The summed E-state index contributed by atoms with van der Waals surface area (Å²) < 4.78 is 0. The van der Waals surface area contributed by atoms with Gasteiger partial charge in [0.25, 0.3) is 0 Å².